The molecule has 0 fully saturated rings. The molecule has 1 aromatic carbocycles. The van der Waals surface area contributed by atoms with Crippen LogP contribution in [-0.2, 0) is 10.2 Å². The fourth-order valence-electron chi connectivity index (χ4n) is 1.65. The van der Waals surface area contributed by atoms with Gasteiger partial charge in [0.1, 0.15) is 0 Å². The number of carboxylic acid groups (broad SMARTS) is 1. The minimum Gasteiger partial charge on any atom is -0.478 e. The summed E-state index contributed by atoms with van der Waals surface area (Å²) >= 11 is 0. The molecule has 20 heavy (non-hydrogen) atoms. The maximum Gasteiger partial charge on any atom is 0.335 e. The van der Waals surface area contributed by atoms with Crippen molar-refractivity contribution in [3.8, 4) is 0 Å². The van der Waals surface area contributed by atoms with Crippen molar-refractivity contribution >= 4 is 21.9 Å². The maximum atomic E-state index is 12.3. The van der Waals surface area contributed by atoms with Gasteiger partial charge >= 0.3 is 16.2 Å². The standard InChI is InChI=1S/C13H20N2O4S/c1-4-5-10-14(2)20(18,19)15(3)12-8-6-11(7-9-12)13(16)17/h6-9H,4-5,10H2,1-3H3,(H,16,17). The molecule has 0 aliphatic carbocycles. The topological polar surface area (TPSA) is 77.9 Å². The SMILES string of the molecule is CCCCN(C)S(=O)(=O)N(C)c1ccc(C(=O)O)cc1. The molecule has 7 heteroatoms. The van der Waals surface area contributed by atoms with E-state index >= 15 is 0 Å². The van der Waals surface area contributed by atoms with E-state index in [-0.39, 0.29) is 5.56 Å². The van der Waals surface area contributed by atoms with E-state index in [1.165, 1.54) is 42.7 Å². The smallest absolute Gasteiger partial charge is 0.335 e. The van der Waals surface area contributed by atoms with Gasteiger partial charge in [-0.15, -0.1) is 0 Å². The van der Waals surface area contributed by atoms with Crippen molar-refractivity contribution in [2.24, 2.45) is 0 Å². The first kappa shape index (κ1) is 16.5. The summed E-state index contributed by atoms with van der Waals surface area (Å²) < 4.78 is 27.0. The Kier molecular flexibility index (Phi) is 5.52. The second kappa shape index (κ2) is 6.71. The number of aromatic carboxylic acids is 1. The normalized spacial score (nSPS) is 11.6. The molecule has 0 saturated carbocycles. The molecule has 0 spiro atoms. The molecule has 1 aromatic rings. The number of rotatable bonds is 7. The second-order valence-corrected chi connectivity index (χ2v) is 6.57. The molecule has 0 atom stereocenters. The monoisotopic (exact) mass is 300 g/mol. The van der Waals surface area contributed by atoms with Crippen molar-refractivity contribution < 1.29 is 18.3 Å². The molecule has 1 rings (SSSR count). The molecular weight excluding hydrogens is 280 g/mol. The Bertz CT molecular complexity index is 554. The third-order valence-electron chi connectivity index (χ3n) is 3.04. The maximum absolute atomic E-state index is 12.3. The van der Waals surface area contributed by atoms with Gasteiger partial charge in [-0.2, -0.15) is 12.7 Å². The first-order chi connectivity index (χ1) is 9.30. The zero-order valence-electron chi connectivity index (χ0n) is 11.9. The summed E-state index contributed by atoms with van der Waals surface area (Å²) in [7, 11) is -0.591. The quantitative estimate of drug-likeness (QED) is 0.833. The molecule has 0 aliphatic heterocycles. The first-order valence-corrected chi connectivity index (χ1v) is 7.74. The first-order valence-electron chi connectivity index (χ1n) is 6.34. The summed E-state index contributed by atoms with van der Waals surface area (Å²) in [6.07, 6.45) is 1.71. The Morgan fingerprint density at radius 1 is 1.20 bits per heavy atom. The summed E-state index contributed by atoms with van der Waals surface area (Å²) in [4.78, 5) is 10.8. The number of hydrogen-bond acceptors (Lipinski definition) is 3. The lowest BCUT2D eigenvalue weighted by atomic mass is 10.2. The van der Waals surface area contributed by atoms with Gasteiger partial charge in [-0.25, -0.2) is 4.79 Å². The van der Waals surface area contributed by atoms with E-state index in [9.17, 15) is 13.2 Å². The third-order valence-corrected chi connectivity index (χ3v) is 4.92. The molecule has 112 valence electrons. The Morgan fingerprint density at radius 2 is 1.75 bits per heavy atom. The van der Waals surface area contributed by atoms with Gasteiger partial charge in [0.2, 0.25) is 0 Å². The Hall–Kier alpha value is -1.60. The van der Waals surface area contributed by atoms with E-state index in [0.29, 0.717) is 12.2 Å². The van der Waals surface area contributed by atoms with Crippen LogP contribution in [-0.4, -0.2) is 44.4 Å². The molecule has 6 nitrogen and oxygen atoms in total. The van der Waals surface area contributed by atoms with Crippen LogP contribution in [0.3, 0.4) is 0 Å². The molecule has 0 amide bonds. The number of anilines is 1. The van der Waals surface area contributed by atoms with Crippen LogP contribution in [0.25, 0.3) is 0 Å². The summed E-state index contributed by atoms with van der Waals surface area (Å²) in [5, 5.41) is 8.82. The lowest BCUT2D eigenvalue weighted by Gasteiger charge is -2.25. The van der Waals surface area contributed by atoms with Gasteiger partial charge in [-0.3, -0.25) is 4.31 Å². The fourth-order valence-corrected chi connectivity index (χ4v) is 2.82. The van der Waals surface area contributed by atoms with Crippen LogP contribution in [0.5, 0.6) is 0 Å². The minimum atomic E-state index is -3.58. The fraction of sp³-hybridized carbons (Fsp3) is 0.462. The average Bonchev–Trinajstić information content (AvgIpc) is 2.43. The molecule has 0 aromatic heterocycles. The Morgan fingerprint density at radius 3 is 2.20 bits per heavy atom. The number of benzene rings is 1. The van der Waals surface area contributed by atoms with Crippen LogP contribution in [0.15, 0.2) is 24.3 Å². The average molecular weight is 300 g/mol. The van der Waals surface area contributed by atoms with Crippen molar-refractivity contribution in [2.45, 2.75) is 19.8 Å². The van der Waals surface area contributed by atoms with Gasteiger partial charge in [-0.1, -0.05) is 13.3 Å². The minimum absolute atomic E-state index is 0.124. The predicted molar refractivity (Wildman–Crippen MR) is 78.3 cm³/mol. The number of carbonyl (C=O) groups is 1. The third kappa shape index (κ3) is 3.71. The zero-order chi connectivity index (χ0) is 15.3. The molecular formula is C13H20N2O4S. The zero-order valence-corrected chi connectivity index (χ0v) is 12.7. The van der Waals surface area contributed by atoms with E-state index in [1.54, 1.807) is 0 Å². The summed E-state index contributed by atoms with van der Waals surface area (Å²) in [6, 6.07) is 5.73. The Balaban J connectivity index is 2.92. The van der Waals surface area contributed by atoms with Crippen molar-refractivity contribution in [1.29, 1.82) is 0 Å². The van der Waals surface area contributed by atoms with Gasteiger partial charge in [0.15, 0.2) is 0 Å². The van der Waals surface area contributed by atoms with E-state index in [2.05, 4.69) is 0 Å². The van der Waals surface area contributed by atoms with Gasteiger partial charge in [0, 0.05) is 20.6 Å². The van der Waals surface area contributed by atoms with Crippen molar-refractivity contribution in [3.63, 3.8) is 0 Å². The lowest BCUT2D eigenvalue weighted by molar-refractivity contribution is 0.0697. The van der Waals surface area contributed by atoms with Gasteiger partial charge in [-0.05, 0) is 30.7 Å². The van der Waals surface area contributed by atoms with Crippen LogP contribution in [0.2, 0.25) is 0 Å². The highest BCUT2D eigenvalue weighted by molar-refractivity contribution is 7.90. The Labute approximate surface area is 119 Å². The van der Waals surface area contributed by atoms with Gasteiger partial charge in [0.05, 0.1) is 11.3 Å². The van der Waals surface area contributed by atoms with Gasteiger partial charge < -0.3 is 5.11 Å². The van der Waals surface area contributed by atoms with Crippen LogP contribution >= 0.6 is 0 Å². The van der Waals surface area contributed by atoms with Crippen molar-refractivity contribution in [1.82, 2.24) is 4.31 Å². The molecule has 1 N–H and O–H groups in total. The number of nitrogens with zero attached hydrogens (tertiary/aromatic N) is 2. The molecule has 0 saturated heterocycles. The van der Waals surface area contributed by atoms with Crippen molar-refractivity contribution in [2.75, 3.05) is 24.9 Å². The van der Waals surface area contributed by atoms with Crippen LogP contribution in [0.4, 0.5) is 5.69 Å². The van der Waals surface area contributed by atoms with E-state index in [4.69, 9.17) is 5.11 Å². The second-order valence-electron chi connectivity index (χ2n) is 4.50. The predicted octanol–water partition coefficient (Wildman–Crippen LogP) is 1.80. The molecule has 0 heterocycles. The molecule has 0 radical (unpaired) electrons. The largest absolute Gasteiger partial charge is 0.478 e. The molecule has 0 aliphatic rings. The number of carboxylic acids is 1. The number of unbranched alkanes of at least 4 members (excludes halogenated alkanes) is 1. The highest BCUT2D eigenvalue weighted by atomic mass is 32.2. The summed E-state index contributed by atoms with van der Waals surface area (Å²) in [5.41, 5.74) is 0.553. The van der Waals surface area contributed by atoms with E-state index in [1.807, 2.05) is 6.92 Å². The summed E-state index contributed by atoms with van der Waals surface area (Å²) in [5.74, 6) is -1.04. The number of hydrogen-bond donors (Lipinski definition) is 1. The van der Waals surface area contributed by atoms with Crippen LogP contribution in [0, 0.1) is 0 Å². The lowest BCUT2D eigenvalue weighted by Crippen LogP contribution is -2.40. The van der Waals surface area contributed by atoms with Gasteiger partial charge in [0.25, 0.3) is 0 Å². The molecule has 0 bridgehead atoms. The highest BCUT2D eigenvalue weighted by Gasteiger charge is 2.23. The van der Waals surface area contributed by atoms with Crippen LogP contribution in [0.1, 0.15) is 30.1 Å². The van der Waals surface area contributed by atoms with Crippen LogP contribution < -0.4 is 4.31 Å². The van der Waals surface area contributed by atoms with Crippen molar-refractivity contribution in [3.05, 3.63) is 29.8 Å². The highest BCUT2D eigenvalue weighted by Crippen LogP contribution is 2.19. The van der Waals surface area contributed by atoms with E-state index < -0.39 is 16.2 Å². The molecule has 0 unspecified atom stereocenters. The van der Waals surface area contributed by atoms with E-state index in [0.717, 1.165) is 17.1 Å². The summed E-state index contributed by atoms with van der Waals surface area (Å²) in [6.45, 7) is 2.45.